The Bertz CT molecular complexity index is 879. The standard InChI is InChI=1S/C23H27N3O2S/c1-16(2)13-20(18-7-5-4-6-8-18)25-21(27)15-29-23-24-14-22(28)26(23)19-11-9-17(3)10-12-19/h4-12,16,20H,13-15H2,1-3H3,(H,25,27)/t20-/m0/s1. The smallest absolute Gasteiger partial charge is 0.254 e. The normalized spacial score (nSPS) is 14.8. The fourth-order valence-electron chi connectivity index (χ4n) is 3.24. The summed E-state index contributed by atoms with van der Waals surface area (Å²) in [6, 6.07) is 17.7. The number of amides is 2. The van der Waals surface area contributed by atoms with Crippen molar-refractivity contribution in [2.24, 2.45) is 10.9 Å². The molecule has 0 aromatic heterocycles. The average Bonchev–Trinajstić information content (AvgIpc) is 3.07. The van der Waals surface area contributed by atoms with Crippen molar-refractivity contribution in [3.63, 3.8) is 0 Å². The lowest BCUT2D eigenvalue weighted by molar-refractivity contribution is -0.119. The van der Waals surface area contributed by atoms with E-state index in [0.29, 0.717) is 11.1 Å². The van der Waals surface area contributed by atoms with E-state index in [1.54, 1.807) is 4.90 Å². The van der Waals surface area contributed by atoms with Crippen LogP contribution in [0.25, 0.3) is 0 Å². The van der Waals surface area contributed by atoms with Crippen LogP contribution in [0.4, 0.5) is 5.69 Å². The number of carbonyl (C=O) groups excluding carboxylic acids is 2. The lowest BCUT2D eigenvalue weighted by atomic mass is 9.97. The molecule has 2 aromatic carbocycles. The van der Waals surface area contributed by atoms with Crippen molar-refractivity contribution in [1.29, 1.82) is 0 Å². The molecule has 1 aliphatic heterocycles. The van der Waals surface area contributed by atoms with Crippen LogP contribution in [0.15, 0.2) is 59.6 Å². The molecule has 6 heteroatoms. The van der Waals surface area contributed by atoms with Crippen LogP contribution in [0.3, 0.4) is 0 Å². The maximum Gasteiger partial charge on any atom is 0.254 e. The molecule has 0 aliphatic carbocycles. The highest BCUT2D eigenvalue weighted by molar-refractivity contribution is 8.14. The van der Waals surface area contributed by atoms with Gasteiger partial charge in [0, 0.05) is 0 Å². The van der Waals surface area contributed by atoms with Gasteiger partial charge in [-0.3, -0.25) is 19.5 Å². The molecular formula is C23H27N3O2S. The van der Waals surface area contributed by atoms with E-state index in [0.717, 1.165) is 23.2 Å². The van der Waals surface area contributed by atoms with Gasteiger partial charge in [0.05, 0.1) is 17.5 Å². The molecule has 1 atom stereocenters. The number of amidine groups is 1. The number of nitrogens with zero attached hydrogens (tertiary/aromatic N) is 2. The second kappa shape index (κ2) is 9.74. The number of anilines is 1. The van der Waals surface area contributed by atoms with Crippen LogP contribution in [0.5, 0.6) is 0 Å². The molecule has 1 aliphatic rings. The zero-order valence-electron chi connectivity index (χ0n) is 17.1. The molecule has 0 bridgehead atoms. The molecule has 0 saturated carbocycles. The number of aryl methyl sites for hydroxylation is 1. The number of carbonyl (C=O) groups is 2. The SMILES string of the molecule is Cc1ccc(N2C(=O)CN=C2SCC(=O)N[C@@H](CC(C)C)c2ccccc2)cc1. The molecule has 2 aromatic rings. The second-order valence-electron chi connectivity index (χ2n) is 7.61. The van der Waals surface area contributed by atoms with Gasteiger partial charge >= 0.3 is 0 Å². The van der Waals surface area contributed by atoms with Gasteiger partial charge in [-0.25, -0.2) is 0 Å². The molecule has 3 rings (SSSR count). The first kappa shape index (κ1) is 21.1. The third-order valence-corrected chi connectivity index (χ3v) is 5.64. The molecule has 1 N–H and O–H groups in total. The van der Waals surface area contributed by atoms with Gasteiger partial charge in [-0.05, 0) is 37.0 Å². The first-order valence-electron chi connectivity index (χ1n) is 9.85. The fourth-order valence-corrected chi connectivity index (χ4v) is 4.08. The summed E-state index contributed by atoms with van der Waals surface area (Å²) in [5, 5.41) is 3.72. The Kier molecular flexibility index (Phi) is 7.09. The molecule has 29 heavy (non-hydrogen) atoms. The monoisotopic (exact) mass is 409 g/mol. The van der Waals surface area contributed by atoms with Gasteiger partial charge in [0.1, 0.15) is 6.54 Å². The first-order chi connectivity index (χ1) is 13.9. The molecule has 0 unspecified atom stereocenters. The van der Waals surface area contributed by atoms with Crippen molar-refractivity contribution in [1.82, 2.24) is 5.32 Å². The third kappa shape index (κ3) is 5.70. The minimum absolute atomic E-state index is 0.0235. The van der Waals surface area contributed by atoms with E-state index in [2.05, 4.69) is 24.2 Å². The summed E-state index contributed by atoms with van der Waals surface area (Å²) in [5.74, 6) is 0.548. The topological polar surface area (TPSA) is 61.8 Å². The van der Waals surface area contributed by atoms with E-state index in [1.807, 2.05) is 61.5 Å². The number of hydrogen-bond donors (Lipinski definition) is 1. The quantitative estimate of drug-likeness (QED) is 0.740. The highest BCUT2D eigenvalue weighted by Crippen LogP contribution is 2.25. The van der Waals surface area contributed by atoms with Crippen molar-refractivity contribution < 1.29 is 9.59 Å². The predicted molar refractivity (Wildman–Crippen MR) is 120 cm³/mol. The van der Waals surface area contributed by atoms with Crippen molar-refractivity contribution >= 4 is 34.4 Å². The highest BCUT2D eigenvalue weighted by Gasteiger charge is 2.28. The zero-order valence-corrected chi connectivity index (χ0v) is 17.9. The van der Waals surface area contributed by atoms with E-state index in [9.17, 15) is 9.59 Å². The Labute approximate surface area is 176 Å². The second-order valence-corrected chi connectivity index (χ2v) is 8.56. The summed E-state index contributed by atoms with van der Waals surface area (Å²) in [6.45, 7) is 6.42. The van der Waals surface area contributed by atoms with Crippen LogP contribution in [-0.2, 0) is 9.59 Å². The molecule has 0 radical (unpaired) electrons. The van der Waals surface area contributed by atoms with E-state index >= 15 is 0 Å². The van der Waals surface area contributed by atoms with Crippen LogP contribution < -0.4 is 10.2 Å². The Morgan fingerprint density at radius 3 is 2.48 bits per heavy atom. The zero-order chi connectivity index (χ0) is 20.8. The number of aliphatic imine (C=N–C) groups is 1. The molecular weight excluding hydrogens is 382 g/mol. The van der Waals surface area contributed by atoms with Gasteiger partial charge in [0.25, 0.3) is 5.91 Å². The van der Waals surface area contributed by atoms with E-state index < -0.39 is 0 Å². The maximum atomic E-state index is 12.6. The van der Waals surface area contributed by atoms with E-state index in [4.69, 9.17) is 0 Å². The van der Waals surface area contributed by atoms with Gasteiger partial charge in [0.2, 0.25) is 5.91 Å². The molecule has 152 valence electrons. The summed E-state index contributed by atoms with van der Waals surface area (Å²) in [7, 11) is 0. The minimum Gasteiger partial charge on any atom is -0.349 e. The Morgan fingerprint density at radius 2 is 1.83 bits per heavy atom. The van der Waals surface area contributed by atoms with E-state index in [-0.39, 0.29) is 30.2 Å². The van der Waals surface area contributed by atoms with Crippen LogP contribution in [0.1, 0.15) is 37.4 Å². The Morgan fingerprint density at radius 1 is 1.14 bits per heavy atom. The van der Waals surface area contributed by atoms with Crippen molar-refractivity contribution in [2.75, 3.05) is 17.2 Å². The molecule has 5 nitrogen and oxygen atoms in total. The van der Waals surface area contributed by atoms with Crippen LogP contribution in [0.2, 0.25) is 0 Å². The van der Waals surface area contributed by atoms with Gasteiger partial charge in [-0.2, -0.15) is 0 Å². The number of thioether (sulfide) groups is 1. The summed E-state index contributed by atoms with van der Waals surface area (Å²) < 4.78 is 0. The number of hydrogen-bond acceptors (Lipinski definition) is 4. The number of nitrogens with one attached hydrogen (secondary N) is 1. The van der Waals surface area contributed by atoms with Crippen molar-refractivity contribution in [2.45, 2.75) is 33.2 Å². The lowest BCUT2D eigenvalue weighted by Gasteiger charge is -2.22. The van der Waals surface area contributed by atoms with Crippen LogP contribution in [-0.4, -0.2) is 29.3 Å². The largest absolute Gasteiger partial charge is 0.349 e. The molecule has 0 saturated heterocycles. The van der Waals surface area contributed by atoms with Gasteiger partial charge in [-0.15, -0.1) is 0 Å². The average molecular weight is 410 g/mol. The predicted octanol–water partition coefficient (Wildman–Crippen LogP) is 4.33. The first-order valence-corrected chi connectivity index (χ1v) is 10.8. The molecule has 0 spiro atoms. The molecule has 2 amide bonds. The summed E-state index contributed by atoms with van der Waals surface area (Å²) in [6.07, 6.45) is 0.870. The summed E-state index contributed by atoms with van der Waals surface area (Å²) in [4.78, 5) is 30.9. The number of benzene rings is 2. The Hall–Kier alpha value is -2.60. The number of rotatable bonds is 7. The fraction of sp³-hybridized carbons (Fsp3) is 0.348. The highest BCUT2D eigenvalue weighted by atomic mass is 32.2. The van der Waals surface area contributed by atoms with E-state index in [1.165, 1.54) is 11.8 Å². The maximum absolute atomic E-state index is 12.6. The van der Waals surface area contributed by atoms with Gasteiger partial charge in [-0.1, -0.05) is 73.6 Å². The van der Waals surface area contributed by atoms with Gasteiger partial charge < -0.3 is 5.32 Å². The minimum atomic E-state index is -0.0706. The lowest BCUT2D eigenvalue weighted by Crippen LogP contribution is -2.34. The van der Waals surface area contributed by atoms with Crippen LogP contribution >= 0.6 is 11.8 Å². The third-order valence-electron chi connectivity index (χ3n) is 4.66. The summed E-state index contributed by atoms with van der Waals surface area (Å²) >= 11 is 1.30. The molecule has 1 heterocycles. The van der Waals surface area contributed by atoms with Crippen molar-refractivity contribution in [3.05, 3.63) is 65.7 Å². The van der Waals surface area contributed by atoms with Gasteiger partial charge in [0.15, 0.2) is 5.17 Å². The Balaban J connectivity index is 1.62. The summed E-state index contributed by atoms with van der Waals surface area (Å²) in [5.41, 5.74) is 3.02. The van der Waals surface area contributed by atoms with Crippen molar-refractivity contribution in [3.8, 4) is 0 Å². The van der Waals surface area contributed by atoms with Crippen LogP contribution in [0, 0.1) is 12.8 Å². The molecule has 0 fully saturated rings.